The zero-order valence-corrected chi connectivity index (χ0v) is 14.2. The second-order valence-electron chi connectivity index (χ2n) is 6.10. The number of rotatable bonds is 7. The van der Waals surface area contributed by atoms with Gasteiger partial charge < -0.3 is 5.32 Å². The molecule has 0 aromatic carbocycles. The van der Waals surface area contributed by atoms with E-state index in [1.54, 1.807) is 11.8 Å². The van der Waals surface area contributed by atoms with Crippen molar-refractivity contribution in [2.24, 2.45) is 11.3 Å². The van der Waals surface area contributed by atoms with Crippen molar-refractivity contribution in [2.45, 2.75) is 44.9 Å². The summed E-state index contributed by atoms with van der Waals surface area (Å²) in [7, 11) is 0. The Bertz CT molecular complexity index is 452. The molecule has 0 aliphatic rings. The SMILES string of the molecule is C=CCSc1nnc(NC(=O)C[C@H](C)CC(C)(C)C)s1. The van der Waals surface area contributed by atoms with Crippen LogP contribution in [-0.2, 0) is 4.79 Å². The van der Waals surface area contributed by atoms with Gasteiger partial charge in [0.1, 0.15) is 0 Å². The first kappa shape index (κ1) is 17.2. The fourth-order valence-electron chi connectivity index (χ4n) is 2.05. The van der Waals surface area contributed by atoms with Gasteiger partial charge in [-0.25, -0.2) is 0 Å². The van der Waals surface area contributed by atoms with Crippen LogP contribution in [0.3, 0.4) is 0 Å². The summed E-state index contributed by atoms with van der Waals surface area (Å²) in [5, 5.41) is 11.4. The number of nitrogens with one attached hydrogen (secondary N) is 1. The van der Waals surface area contributed by atoms with E-state index in [1.165, 1.54) is 11.3 Å². The molecule has 0 bridgehead atoms. The topological polar surface area (TPSA) is 54.9 Å². The first-order valence-corrected chi connectivity index (χ1v) is 8.47. The molecule has 6 heteroatoms. The van der Waals surface area contributed by atoms with Gasteiger partial charge in [-0.15, -0.1) is 16.8 Å². The highest BCUT2D eigenvalue weighted by molar-refractivity contribution is 8.01. The standard InChI is InChI=1S/C14H23N3OS2/c1-6-7-19-13-17-16-12(20-13)15-11(18)8-10(2)9-14(3,4)5/h6,10H,1,7-9H2,2-5H3,(H,15,16,18)/t10-/m0/s1. The molecule has 20 heavy (non-hydrogen) atoms. The Kier molecular flexibility index (Phi) is 6.68. The summed E-state index contributed by atoms with van der Waals surface area (Å²) in [4.78, 5) is 11.9. The van der Waals surface area contributed by atoms with Crippen LogP contribution in [0.25, 0.3) is 0 Å². The van der Waals surface area contributed by atoms with Crippen LogP contribution < -0.4 is 5.32 Å². The summed E-state index contributed by atoms with van der Waals surface area (Å²) in [5.74, 6) is 1.17. The summed E-state index contributed by atoms with van der Waals surface area (Å²) < 4.78 is 0.850. The maximum Gasteiger partial charge on any atom is 0.226 e. The average molecular weight is 313 g/mol. The predicted molar refractivity (Wildman–Crippen MR) is 87.3 cm³/mol. The van der Waals surface area contributed by atoms with Gasteiger partial charge in [-0.3, -0.25) is 4.79 Å². The molecule has 0 fully saturated rings. The van der Waals surface area contributed by atoms with Crippen LogP contribution in [0.4, 0.5) is 5.13 Å². The number of anilines is 1. The number of hydrogen-bond acceptors (Lipinski definition) is 5. The minimum absolute atomic E-state index is 0.0122. The molecule has 0 spiro atoms. The number of thioether (sulfide) groups is 1. The minimum Gasteiger partial charge on any atom is -0.300 e. The summed E-state index contributed by atoms with van der Waals surface area (Å²) in [5.41, 5.74) is 0.247. The molecule has 1 heterocycles. The van der Waals surface area contributed by atoms with Crippen LogP contribution in [-0.4, -0.2) is 21.9 Å². The van der Waals surface area contributed by atoms with Gasteiger partial charge in [0, 0.05) is 12.2 Å². The molecular formula is C14H23N3OS2. The highest BCUT2D eigenvalue weighted by Crippen LogP contribution is 2.27. The fourth-order valence-corrected chi connectivity index (χ4v) is 3.58. The van der Waals surface area contributed by atoms with Crippen LogP contribution in [0, 0.1) is 11.3 Å². The van der Waals surface area contributed by atoms with Gasteiger partial charge in [0.05, 0.1) is 0 Å². The lowest BCUT2D eigenvalue weighted by Gasteiger charge is -2.22. The first-order valence-electron chi connectivity index (χ1n) is 6.67. The van der Waals surface area contributed by atoms with Crippen molar-refractivity contribution in [3.8, 4) is 0 Å². The fraction of sp³-hybridized carbons (Fsp3) is 0.643. The number of nitrogens with zero attached hydrogens (tertiary/aromatic N) is 2. The van der Waals surface area contributed by atoms with Crippen LogP contribution in [0.2, 0.25) is 0 Å². The van der Waals surface area contributed by atoms with Crippen LogP contribution in [0.5, 0.6) is 0 Å². The molecule has 1 rings (SSSR count). The van der Waals surface area contributed by atoms with E-state index in [1.807, 2.05) is 6.08 Å². The molecular weight excluding hydrogens is 290 g/mol. The Labute approximate surface area is 129 Å². The van der Waals surface area contributed by atoms with Crippen molar-refractivity contribution in [3.63, 3.8) is 0 Å². The Balaban J connectivity index is 2.42. The zero-order chi connectivity index (χ0) is 15.2. The molecule has 0 aliphatic heterocycles. The van der Waals surface area contributed by atoms with Crippen molar-refractivity contribution >= 4 is 34.1 Å². The Morgan fingerprint density at radius 3 is 2.80 bits per heavy atom. The largest absolute Gasteiger partial charge is 0.300 e. The third kappa shape index (κ3) is 7.05. The molecule has 0 saturated carbocycles. The number of amides is 1. The molecule has 112 valence electrons. The summed E-state index contributed by atoms with van der Waals surface area (Å²) in [6.07, 6.45) is 3.36. The lowest BCUT2D eigenvalue weighted by atomic mass is 9.84. The Hall–Kier alpha value is -0.880. The normalized spacial score (nSPS) is 13.0. The molecule has 0 aliphatic carbocycles. The van der Waals surface area contributed by atoms with E-state index in [0.29, 0.717) is 17.5 Å². The lowest BCUT2D eigenvalue weighted by molar-refractivity contribution is -0.117. The summed E-state index contributed by atoms with van der Waals surface area (Å²) in [6.45, 7) is 12.3. The second kappa shape index (κ2) is 7.78. The molecule has 1 amide bonds. The molecule has 4 nitrogen and oxygen atoms in total. The van der Waals surface area contributed by atoms with E-state index >= 15 is 0 Å². The van der Waals surface area contributed by atoms with Crippen molar-refractivity contribution in [1.29, 1.82) is 0 Å². The van der Waals surface area contributed by atoms with Crippen LogP contribution in [0.15, 0.2) is 17.0 Å². The monoisotopic (exact) mass is 313 g/mol. The highest BCUT2D eigenvalue weighted by atomic mass is 32.2. The van der Waals surface area contributed by atoms with E-state index in [4.69, 9.17) is 0 Å². The number of carbonyl (C=O) groups excluding carboxylic acids is 1. The molecule has 0 unspecified atom stereocenters. The first-order chi connectivity index (χ1) is 9.30. The van der Waals surface area contributed by atoms with Crippen molar-refractivity contribution in [2.75, 3.05) is 11.1 Å². The molecule has 1 aromatic heterocycles. The maximum absolute atomic E-state index is 11.9. The van der Waals surface area contributed by atoms with E-state index in [-0.39, 0.29) is 11.3 Å². The molecule has 1 N–H and O–H groups in total. The quantitative estimate of drug-likeness (QED) is 0.465. The lowest BCUT2D eigenvalue weighted by Crippen LogP contribution is -2.18. The molecule has 1 aromatic rings. The second-order valence-corrected chi connectivity index (χ2v) is 8.34. The molecule has 0 radical (unpaired) electrons. The van der Waals surface area contributed by atoms with Gasteiger partial charge in [-0.1, -0.05) is 56.9 Å². The van der Waals surface area contributed by atoms with Gasteiger partial charge >= 0.3 is 0 Å². The number of aromatic nitrogens is 2. The van der Waals surface area contributed by atoms with E-state index in [9.17, 15) is 4.79 Å². The van der Waals surface area contributed by atoms with Gasteiger partial charge in [0.25, 0.3) is 0 Å². The third-order valence-electron chi connectivity index (χ3n) is 2.47. The number of carbonyl (C=O) groups is 1. The van der Waals surface area contributed by atoms with Gasteiger partial charge in [0.2, 0.25) is 11.0 Å². The summed E-state index contributed by atoms with van der Waals surface area (Å²) >= 11 is 2.97. The summed E-state index contributed by atoms with van der Waals surface area (Å²) in [6, 6.07) is 0. The highest BCUT2D eigenvalue weighted by Gasteiger charge is 2.18. The smallest absolute Gasteiger partial charge is 0.226 e. The van der Waals surface area contributed by atoms with Gasteiger partial charge in [0.15, 0.2) is 4.34 Å². The third-order valence-corrected chi connectivity index (χ3v) is 4.44. The zero-order valence-electron chi connectivity index (χ0n) is 12.6. The minimum atomic E-state index is 0.0122. The van der Waals surface area contributed by atoms with E-state index < -0.39 is 0 Å². The van der Waals surface area contributed by atoms with Crippen molar-refractivity contribution < 1.29 is 4.79 Å². The van der Waals surface area contributed by atoms with E-state index in [0.717, 1.165) is 16.5 Å². The van der Waals surface area contributed by atoms with Crippen LogP contribution in [0.1, 0.15) is 40.5 Å². The molecule has 0 saturated heterocycles. The van der Waals surface area contributed by atoms with Crippen molar-refractivity contribution in [1.82, 2.24) is 10.2 Å². The maximum atomic E-state index is 11.9. The number of hydrogen-bond donors (Lipinski definition) is 1. The van der Waals surface area contributed by atoms with Gasteiger partial charge in [-0.05, 0) is 17.8 Å². The Morgan fingerprint density at radius 1 is 1.50 bits per heavy atom. The van der Waals surface area contributed by atoms with Gasteiger partial charge in [-0.2, -0.15) is 0 Å². The predicted octanol–water partition coefficient (Wildman–Crippen LogP) is 4.22. The van der Waals surface area contributed by atoms with Crippen molar-refractivity contribution in [3.05, 3.63) is 12.7 Å². The van der Waals surface area contributed by atoms with E-state index in [2.05, 4.69) is 49.8 Å². The Morgan fingerprint density at radius 2 is 2.20 bits per heavy atom. The van der Waals surface area contributed by atoms with Crippen LogP contribution >= 0.6 is 23.1 Å². The molecule has 1 atom stereocenters. The average Bonchev–Trinajstić information content (AvgIpc) is 2.70.